The molecule has 0 unspecified atom stereocenters. The van der Waals surface area contributed by atoms with Gasteiger partial charge in [0.1, 0.15) is 5.04 Å². The number of amidine groups is 1. The van der Waals surface area contributed by atoms with Gasteiger partial charge in [0.15, 0.2) is 0 Å². The van der Waals surface area contributed by atoms with Crippen LogP contribution in [0.5, 0.6) is 0 Å². The van der Waals surface area contributed by atoms with Crippen LogP contribution in [0.25, 0.3) is 0 Å². The van der Waals surface area contributed by atoms with Gasteiger partial charge in [-0.05, 0) is 36.4 Å². The van der Waals surface area contributed by atoms with Gasteiger partial charge in [-0.25, -0.2) is 4.79 Å². The maximum absolute atomic E-state index is 11.9. The average molecular weight is 276 g/mol. The van der Waals surface area contributed by atoms with Crippen molar-refractivity contribution >= 4 is 33.8 Å². The van der Waals surface area contributed by atoms with Crippen molar-refractivity contribution < 1.29 is 14.7 Å². The zero-order chi connectivity index (χ0) is 13.8. The minimum atomic E-state index is -1.08. The highest BCUT2D eigenvalue weighted by atomic mass is 32.2. The van der Waals surface area contributed by atoms with Gasteiger partial charge < -0.3 is 5.11 Å². The summed E-state index contributed by atoms with van der Waals surface area (Å²) in [4.78, 5) is 26.5. The van der Waals surface area contributed by atoms with Crippen molar-refractivity contribution in [2.75, 3.05) is 0 Å². The zero-order valence-electron chi connectivity index (χ0n) is 10.0. The molecule has 0 aromatic heterocycles. The molecule has 1 aliphatic heterocycles. The second-order valence-electron chi connectivity index (χ2n) is 3.63. The minimum Gasteiger partial charge on any atom is -0.478 e. The van der Waals surface area contributed by atoms with E-state index in [9.17, 15) is 9.59 Å². The first-order valence-electron chi connectivity index (χ1n) is 5.52. The summed E-state index contributed by atoms with van der Waals surface area (Å²) in [5.74, 6) is -1.61. The van der Waals surface area contributed by atoms with Gasteiger partial charge >= 0.3 is 5.97 Å². The number of carboxylic acid groups (broad SMARTS) is 1. The molecule has 6 nitrogen and oxygen atoms in total. The molecule has 0 saturated heterocycles. The van der Waals surface area contributed by atoms with Crippen molar-refractivity contribution in [1.29, 1.82) is 0 Å². The summed E-state index contributed by atoms with van der Waals surface area (Å²) in [5.41, 5.74) is 4.04. The van der Waals surface area contributed by atoms with Gasteiger partial charge in [0.05, 0.1) is 5.56 Å². The number of carbonyl (C=O) groups is 2. The number of hydrogen-bond acceptors (Lipinski definition) is 4. The quantitative estimate of drug-likeness (QED) is 0.913. The van der Waals surface area contributed by atoms with Gasteiger partial charge in [-0.15, -0.1) is 10.5 Å². The van der Waals surface area contributed by atoms with E-state index in [2.05, 4.69) is 15.5 Å². The SMILES string of the molecule is CCC1=N[N]C(=NC(=O)c2cccc(C(=O)O)c2)S1. The van der Waals surface area contributed by atoms with E-state index in [1.54, 1.807) is 0 Å². The first kappa shape index (κ1) is 13.3. The third-order valence-electron chi connectivity index (χ3n) is 2.31. The number of aliphatic imine (C=N–C) groups is 1. The number of rotatable bonds is 3. The number of benzene rings is 1. The van der Waals surface area contributed by atoms with Crippen molar-refractivity contribution in [2.24, 2.45) is 10.1 Å². The lowest BCUT2D eigenvalue weighted by Crippen LogP contribution is -2.06. The Morgan fingerprint density at radius 2 is 2.11 bits per heavy atom. The van der Waals surface area contributed by atoms with Gasteiger partial charge in [0.25, 0.3) is 5.91 Å². The largest absolute Gasteiger partial charge is 0.478 e. The fraction of sp³-hybridized carbons (Fsp3) is 0.167. The predicted octanol–water partition coefficient (Wildman–Crippen LogP) is 1.96. The van der Waals surface area contributed by atoms with Crippen LogP contribution < -0.4 is 5.43 Å². The molecule has 0 aliphatic carbocycles. The van der Waals surface area contributed by atoms with Crippen LogP contribution >= 0.6 is 11.8 Å². The van der Waals surface area contributed by atoms with Crippen LogP contribution in [0.3, 0.4) is 0 Å². The van der Waals surface area contributed by atoms with Crippen molar-refractivity contribution in [3.8, 4) is 0 Å². The second-order valence-corrected chi connectivity index (χ2v) is 4.68. The lowest BCUT2D eigenvalue weighted by atomic mass is 10.1. The second kappa shape index (κ2) is 5.66. The summed E-state index contributed by atoms with van der Waals surface area (Å²) in [5, 5.41) is 13.8. The molecular formula is C12H10N3O3S. The highest BCUT2D eigenvalue weighted by molar-refractivity contribution is 8.26. The van der Waals surface area contributed by atoms with Crippen molar-refractivity contribution in [3.63, 3.8) is 0 Å². The highest BCUT2D eigenvalue weighted by Gasteiger charge is 2.17. The summed E-state index contributed by atoms with van der Waals surface area (Å²) < 4.78 is 0. The van der Waals surface area contributed by atoms with E-state index in [4.69, 9.17) is 5.11 Å². The van der Waals surface area contributed by atoms with Crippen LogP contribution in [0.4, 0.5) is 0 Å². The van der Waals surface area contributed by atoms with Gasteiger partial charge in [-0.1, -0.05) is 13.0 Å². The molecule has 1 aliphatic rings. The van der Waals surface area contributed by atoms with Crippen molar-refractivity contribution in [3.05, 3.63) is 35.4 Å². The van der Waals surface area contributed by atoms with Gasteiger partial charge in [-0.2, -0.15) is 4.99 Å². The molecule has 0 spiro atoms. The Labute approximate surface area is 113 Å². The van der Waals surface area contributed by atoms with Gasteiger partial charge in [0, 0.05) is 5.56 Å². The van der Waals surface area contributed by atoms with Crippen LogP contribution in [-0.4, -0.2) is 27.2 Å². The number of nitrogens with zero attached hydrogens (tertiary/aromatic N) is 3. The summed E-state index contributed by atoms with van der Waals surface area (Å²) in [6.07, 6.45) is 0.732. The lowest BCUT2D eigenvalue weighted by Gasteiger charge is -1.98. The standard InChI is InChI=1S/C12H10N3O3S/c1-2-9-14-15-12(19-9)13-10(16)7-4-3-5-8(6-7)11(17)18/h3-6H,2H2,1H3,(H,17,18). The molecule has 0 saturated carbocycles. The van der Waals surface area contributed by atoms with Crippen LogP contribution in [0.1, 0.15) is 34.1 Å². The van der Waals surface area contributed by atoms with E-state index in [0.29, 0.717) is 0 Å². The Morgan fingerprint density at radius 1 is 1.37 bits per heavy atom. The number of aromatic carboxylic acids is 1. The molecular weight excluding hydrogens is 266 g/mol. The molecule has 1 aromatic carbocycles. The van der Waals surface area contributed by atoms with E-state index in [0.717, 1.165) is 11.5 Å². The molecule has 1 amide bonds. The molecule has 2 rings (SSSR count). The van der Waals surface area contributed by atoms with E-state index >= 15 is 0 Å². The number of amides is 1. The normalized spacial score (nSPS) is 16.1. The fourth-order valence-electron chi connectivity index (χ4n) is 1.37. The molecule has 1 N–H and O–H groups in total. The van der Waals surface area contributed by atoms with Gasteiger partial charge in [0.2, 0.25) is 5.17 Å². The van der Waals surface area contributed by atoms with Gasteiger partial charge in [-0.3, -0.25) is 4.79 Å². The molecule has 0 fully saturated rings. The van der Waals surface area contributed by atoms with E-state index in [1.165, 1.54) is 36.0 Å². The summed E-state index contributed by atoms with van der Waals surface area (Å²) in [6, 6.07) is 5.72. The molecule has 97 valence electrons. The van der Waals surface area contributed by atoms with E-state index in [1.807, 2.05) is 6.92 Å². The first-order valence-corrected chi connectivity index (χ1v) is 6.33. The number of carbonyl (C=O) groups excluding carboxylic acids is 1. The predicted molar refractivity (Wildman–Crippen MR) is 72.6 cm³/mol. The molecule has 0 bridgehead atoms. The molecule has 7 heteroatoms. The van der Waals surface area contributed by atoms with Crippen LogP contribution in [0.15, 0.2) is 34.4 Å². The monoisotopic (exact) mass is 276 g/mol. The molecule has 1 heterocycles. The molecule has 19 heavy (non-hydrogen) atoms. The molecule has 0 atom stereocenters. The van der Waals surface area contributed by atoms with Crippen molar-refractivity contribution in [2.45, 2.75) is 13.3 Å². The molecule has 1 aromatic rings. The summed E-state index contributed by atoms with van der Waals surface area (Å²) >= 11 is 1.24. The maximum Gasteiger partial charge on any atom is 0.335 e. The number of carboxylic acids is 1. The average Bonchev–Trinajstić information content (AvgIpc) is 2.86. The third-order valence-corrected chi connectivity index (χ3v) is 3.27. The Morgan fingerprint density at radius 3 is 2.74 bits per heavy atom. The minimum absolute atomic E-state index is 0.0487. The Kier molecular flexibility index (Phi) is 3.96. The smallest absolute Gasteiger partial charge is 0.335 e. The van der Waals surface area contributed by atoms with Crippen LogP contribution in [0.2, 0.25) is 0 Å². The Bertz CT molecular complexity index is 596. The third kappa shape index (κ3) is 3.19. The number of hydrogen-bond donors (Lipinski definition) is 1. The van der Waals surface area contributed by atoms with E-state index < -0.39 is 11.9 Å². The molecule has 1 radical (unpaired) electrons. The zero-order valence-corrected chi connectivity index (χ0v) is 10.8. The van der Waals surface area contributed by atoms with Crippen molar-refractivity contribution in [1.82, 2.24) is 5.43 Å². The van der Waals surface area contributed by atoms with E-state index in [-0.39, 0.29) is 16.3 Å². The summed E-state index contributed by atoms with van der Waals surface area (Å²) in [6.45, 7) is 1.93. The topological polar surface area (TPSA) is 93.2 Å². The highest BCUT2D eigenvalue weighted by Crippen LogP contribution is 2.17. The first-order chi connectivity index (χ1) is 9.10. The fourth-order valence-corrected chi connectivity index (χ4v) is 2.02. The Hall–Kier alpha value is -2.15. The van der Waals surface area contributed by atoms with Crippen LogP contribution in [0, 0.1) is 0 Å². The van der Waals surface area contributed by atoms with Crippen LogP contribution in [-0.2, 0) is 0 Å². The lowest BCUT2D eigenvalue weighted by molar-refractivity contribution is 0.0697. The number of thioether (sulfide) groups is 1. The summed E-state index contributed by atoms with van der Waals surface area (Å²) in [7, 11) is 0. The maximum atomic E-state index is 11.9. The Balaban J connectivity index is 2.15.